The van der Waals surface area contributed by atoms with Crippen molar-refractivity contribution in [3.63, 3.8) is 0 Å². The first-order valence-corrected chi connectivity index (χ1v) is 29.7. The number of hydrogen-bond donors (Lipinski definition) is 2. The molecule has 3 unspecified atom stereocenters. The molecule has 0 bridgehead atoms. The maximum absolute atomic E-state index is 12.9. The van der Waals surface area contributed by atoms with Gasteiger partial charge in [0.25, 0.3) is 0 Å². The molecule has 0 aliphatic heterocycles. The van der Waals surface area contributed by atoms with Crippen molar-refractivity contribution >= 4 is 25.7 Å². The van der Waals surface area contributed by atoms with Gasteiger partial charge < -0.3 is 24.2 Å². The van der Waals surface area contributed by atoms with Crippen LogP contribution in [0.2, 0.25) is 0 Å². The summed E-state index contributed by atoms with van der Waals surface area (Å²) in [6, 6.07) is 0. The van der Waals surface area contributed by atoms with Crippen molar-refractivity contribution in [3.8, 4) is 0 Å². The number of phosphoric ester groups is 1. The van der Waals surface area contributed by atoms with Gasteiger partial charge in [-0.2, -0.15) is 0 Å². The maximum Gasteiger partial charge on any atom is 0.472 e. The Kier molecular flexibility index (Phi) is 49.8. The van der Waals surface area contributed by atoms with E-state index in [0.717, 1.165) is 83.5 Å². The third-order valence-corrected chi connectivity index (χ3v) is 13.3. The molecule has 0 aromatic heterocycles. The van der Waals surface area contributed by atoms with E-state index >= 15 is 0 Å². The van der Waals surface area contributed by atoms with Crippen molar-refractivity contribution in [1.82, 2.24) is 0 Å². The van der Waals surface area contributed by atoms with Crippen LogP contribution in [0.1, 0.15) is 278 Å². The van der Waals surface area contributed by atoms with Gasteiger partial charge in [0.2, 0.25) is 0 Å². The van der Waals surface area contributed by atoms with Crippen molar-refractivity contribution in [1.29, 1.82) is 0 Å². The predicted molar refractivity (Wildman–Crippen MR) is 280 cm³/mol. The first-order valence-electron chi connectivity index (χ1n) is 28.2. The Morgan fingerprint density at radius 2 is 0.691 bits per heavy atom. The molecule has 0 aromatic carbocycles. The van der Waals surface area contributed by atoms with E-state index in [1.54, 1.807) is 0 Å². The number of aliphatic hydroxyl groups excluding tert-OH is 1. The number of esters is 3. The second-order valence-corrected chi connectivity index (χ2v) is 20.6. The van der Waals surface area contributed by atoms with E-state index in [-0.39, 0.29) is 25.9 Å². The molecule has 3 atom stereocenters. The molecule has 0 aromatic rings. The first kappa shape index (κ1) is 66.0. The number of ether oxygens (including phenoxy) is 3. The minimum Gasteiger partial charge on any atom is -0.462 e. The Bertz CT molecular complexity index is 1240. The van der Waals surface area contributed by atoms with E-state index in [1.165, 1.54) is 135 Å². The molecule has 68 heavy (non-hydrogen) atoms. The third kappa shape index (κ3) is 49.0. The standard InChI is InChI=1S/C56H105O11P/c1-4-7-10-13-16-19-22-24-25-26-27-29-32-35-38-41-44-47-56(60)67-53(49-63-54(58)45-42-39-36-33-31-28-23-20-17-14-11-8-5-2)51-65-68(61,62)64-50-52(48-57)66-55(59)46-43-40-37-34-30-21-18-15-12-9-6-3/h15,18,24-25,52-53,57H,4-14,16-17,19-23,26-51H2,1-3H3,(H,61,62)/b18-15-,25-24-. The van der Waals surface area contributed by atoms with Gasteiger partial charge in [-0.1, -0.05) is 218 Å². The smallest absolute Gasteiger partial charge is 0.462 e. The van der Waals surface area contributed by atoms with Crippen LogP contribution in [0, 0.1) is 0 Å². The van der Waals surface area contributed by atoms with Crippen molar-refractivity contribution in [2.75, 3.05) is 26.4 Å². The van der Waals surface area contributed by atoms with Gasteiger partial charge >= 0.3 is 25.7 Å². The lowest BCUT2D eigenvalue weighted by molar-refractivity contribution is -0.161. The molecule has 0 rings (SSSR count). The summed E-state index contributed by atoms with van der Waals surface area (Å²) in [5.74, 6) is -1.46. The average molecular weight is 985 g/mol. The molecule has 0 saturated carbocycles. The fraction of sp³-hybridized carbons (Fsp3) is 0.875. The van der Waals surface area contributed by atoms with Crippen molar-refractivity contribution in [3.05, 3.63) is 24.3 Å². The van der Waals surface area contributed by atoms with Crippen molar-refractivity contribution in [2.24, 2.45) is 0 Å². The number of rotatable bonds is 53. The molecule has 12 heteroatoms. The van der Waals surface area contributed by atoms with Crippen molar-refractivity contribution < 1.29 is 52.2 Å². The second kappa shape index (κ2) is 51.3. The molecule has 0 saturated heterocycles. The van der Waals surface area contributed by atoms with E-state index in [2.05, 4.69) is 45.1 Å². The van der Waals surface area contributed by atoms with Crippen LogP contribution in [-0.2, 0) is 42.2 Å². The molecule has 2 N–H and O–H groups in total. The summed E-state index contributed by atoms with van der Waals surface area (Å²) >= 11 is 0. The highest BCUT2D eigenvalue weighted by atomic mass is 31.2. The normalized spacial score (nSPS) is 13.5. The summed E-state index contributed by atoms with van der Waals surface area (Å²) in [6.07, 6.45) is 49.9. The summed E-state index contributed by atoms with van der Waals surface area (Å²) < 4.78 is 39.4. The summed E-state index contributed by atoms with van der Waals surface area (Å²) in [4.78, 5) is 48.4. The van der Waals surface area contributed by atoms with Gasteiger partial charge in [0, 0.05) is 19.3 Å². The lowest BCUT2D eigenvalue weighted by atomic mass is 10.0. The Labute approximate surface area is 417 Å². The highest BCUT2D eigenvalue weighted by Gasteiger charge is 2.28. The molecule has 0 amide bonds. The molecule has 0 fully saturated rings. The van der Waals surface area contributed by atoms with Gasteiger partial charge in [0.05, 0.1) is 19.8 Å². The number of carbonyl (C=O) groups excluding carboxylic acids is 3. The second-order valence-electron chi connectivity index (χ2n) is 19.1. The topological polar surface area (TPSA) is 155 Å². The SMILES string of the molecule is CCCC/C=C\CCCCCCCC(=O)OC(CO)COP(=O)(O)OCC(COC(=O)CCCCCCCCCCCCCCC)OC(=O)CCCCCCCCC/C=C\CCCCCCCC. The zero-order valence-corrected chi connectivity index (χ0v) is 45.0. The van der Waals surface area contributed by atoms with Crippen LogP contribution >= 0.6 is 7.82 Å². The molecule has 11 nitrogen and oxygen atoms in total. The van der Waals surface area contributed by atoms with Gasteiger partial charge in [-0.05, 0) is 64.2 Å². The van der Waals surface area contributed by atoms with Crippen LogP contribution in [0.25, 0.3) is 0 Å². The minimum atomic E-state index is -4.74. The number of allylic oxidation sites excluding steroid dienone is 4. The van der Waals surface area contributed by atoms with Gasteiger partial charge in [0.15, 0.2) is 6.10 Å². The first-order chi connectivity index (χ1) is 33.2. The Morgan fingerprint density at radius 3 is 1.06 bits per heavy atom. The number of carbonyl (C=O) groups is 3. The third-order valence-electron chi connectivity index (χ3n) is 12.3. The number of hydrogen-bond acceptors (Lipinski definition) is 10. The van der Waals surface area contributed by atoms with Crippen LogP contribution in [-0.4, -0.2) is 66.5 Å². The summed E-state index contributed by atoms with van der Waals surface area (Å²) in [6.45, 7) is 4.62. The van der Waals surface area contributed by atoms with Crippen molar-refractivity contribution in [2.45, 2.75) is 290 Å². The highest BCUT2D eigenvalue weighted by molar-refractivity contribution is 7.47. The van der Waals surface area contributed by atoms with E-state index in [4.69, 9.17) is 23.3 Å². The van der Waals surface area contributed by atoms with Gasteiger partial charge in [-0.25, -0.2) is 4.57 Å². The Balaban J connectivity index is 4.71. The minimum absolute atomic E-state index is 0.167. The summed E-state index contributed by atoms with van der Waals surface area (Å²) in [5.41, 5.74) is 0. The summed E-state index contributed by atoms with van der Waals surface area (Å²) in [7, 11) is -4.74. The Hall–Kier alpha value is -2.04. The fourth-order valence-corrected chi connectivity index (χ4v) is 8.76. The number of unbranched alkanes of at least 4 members (excludes halogenated alkanes) is 32. The van der Waals surface area contributed by atoms with Crippen LogP contribution in [0.15, 0.2) is 24.3 Å². The monoisotopic (exact) mass is 985 g/mol. The van der Waals surface area contributed by atoms with Crippen LogP contribution in [0.4, 0.5) is 0 Å². The largest absolute Gasteiger partial charge is 0.472 e. The van der Waals surface area contributed by atoms with Crippen LogP contribution < -0.4 is 0 Å². The number of aliphatic hydroxyl groups is 1. The van der Waals surface area contributed by atoms with E-state index in [0.29, 0.717) is 19.3 Å². The lowest BCUT2D eigenvalue weighted by Crippen LogP contribution is -2.30. The molecule has 0 radical (unpaired) electrons. The van der Waals surface area contributed by atoms with E-state index in [9.17, 15) is 28.9 Å². The predicted octanol–water partition coefficient (Wildman–Crippen LogP) is 16.3. The molecule has 0 heterocycles. The zero-order chi connectivity index (χ0) is 49.9. The van der Waals surface area contributed by atoms with E-state index < -0.39 is 57.8 Å². The van der Waals surface area contributed by atoms with Crippen LogP contribution in [0.5, 0.6) is 0 Å². The molecule has 0 aliphatic rings. The fourth-order valence-electron chi connectivity index (χ4n) is 7.98. The van der Waals surface area contributed by atoms with Gasteiger partial charge in [-0.15, -0.1) is 0 Å². The lowest BCUT2D eigenvalue weighted by Gasteiger charge is -2.21. The van der Waals surface area contributed by atoms with Gasteiger partial charge in [-0.3, -0.25) is 23.4 Å². The van der Waals surface area contributed by atoms with Gasteiger partial charge in [0.1, 0.15) is 12.7 Å². The quantitative estimate of drug-likeness (QED) is 0.0197. The summed E-state index contributed by atoms with van der Waals surface area (Å²) in [5, 5.41) is 9.78. The molecule has 0 spiro atoms. The molecule has 400 valence electrons. The molecule has 0 aliphatic carbocycles. The van der Waals surface area contributed by atoms with E-state index in [1.807, 2.05) is 0 Å². The molecular formula is C56H105O11P. The number of phosphoric acid groups is 1. The highest BCUT2D eigenvalue weighted by Crippen LogP contribution is 2.43. The average Bonchev–Trinajstić information content (AvgIpc) is 3.32. The molecular weight excluding hydrogens is 880 g/mol. The zero-order valence-electron chi connectivity index (χ0n) is 44.1. The van der Waals surface area contributed by atoms with Crippen LogP contribution in [0.3, 0.4) is 0 Å². The maximum atomic E-state index is 12.9. The Morgan fingerprint density at radius 1 is 0.397 bits per heavy atom.